The number of hydrogen-bond acceptors (Lipinski definition) is 7. The van der Waals surface area contributed by atoms with E-state index in [2.05, 4.69) is 26.5 Å². The highest BCUT2D eigenvalue weighted by Gasteiger charge is 2.33. The number of rotatable bonds is 7. The van der Waals surface area contributed by atoms with Gasteiger partial charge in [-0.1, -0.05) is 7.43 Å². The number of anilines is 1. The van der Waals surface area contributed by atoms with Gasteiger partial charge in [0.15, 0.2) is 18.0 Å². The average molecular weight is 455 g/mol. The van der Waals surface area contributed by atoms with Crippen molar-refractivity contribution in [1.82, 2.24) is 25.1 Å². The number of hydrazine groups is 1. The number of halogens is 1. The maximum Gasteiger partial charge on any atom is 0.407 e. The summed E-state index contributed by atoms with van der Waals surface area (Å²) in [7, 11) is 0. The first-order chi connectivity index (χ1) is 14.2. The summed E-state index contributed by atoms with van der Waals surface area (Å²) < 4.78 is 19.6. The van der Waals surface area contributed by atoms with Crippen molar-refractivity contribution in [3.8, 4) is 0 Å². The molecule has 0 spiro atoms. The number of carbonyl (C=O) groups is 3. The third kappa shape index (κ3) is 5.78. The van der Waals surface area contributed by atoms with Gasteiger partial charge >= 0.3 is 6.09 Å². The number of alkyl carbamates (subject to hydrolysis) is 1. The predicted octanol–water partition coefficient (Wildman–Crippen LogP) is 2.91. The zero-order chi connectivity index (χ0) is 21.9. The molecule has 0 unspecified atom stereocenters. The Kier molecular flexibility index (Phi) is 7.71. The van der Waals surface area contributed by atoms with E-state index in [0.717, 1.165) is 0 Å². The van der Waals surface area contributed by atoms with E-state index in [9.17, 15) is 18.3 Å². The quantitative estimate of drug-likeness (QED) is 0.374. The van der Waals surface area contributed by atoms with E-state index in [1.807, 2.05) is 0 Å². The lowest BCUT2D eigenvalue weighted by Crippen LogP contribution is -2.51. The highest BCUT2D eigenvalue weighted by molar-refractivity contribution is 7.92. The van der Waals surface area contributed by atoms with Gasteiger partial charge in [0, 0.05) is 29.9 Å². The summed E-state index contributed by atoms with van der Waals surface area (Å²) in [5, 5.41) is 6.65. The molecule has 2 aromatic rings. The average Bonchev–Trinajstić information content (AvgIpc) is 3.06. The lowest BCUT2D eigenvalue weighted by molar-refractivity contribution is -0.110. The van der Waals surface area contributed by atoms with Gasteiger partial charge in [0.05, 0.1) is 11.3 Å². The van der Waals surface area contributed by atoms with Gasteiger partial charge in [-0.2, -0.15) is 0 Å². The number of pyridine rings is 1. The number of fused-ring (bicyclic) bond motifs is 1. The predicted molar refractivity (Wildman–Crippen MR) is 117 cm³/mol. The maximum atomic E-state index is 13.1. The lowest BCUT2D eigenvalue weighted by atomic mass is 9.86. The van der Waals surface area contributed by atoms with Crippen LogP contribution in [0.1, 0.15) is 51.4 Å². The van der Waals surface area contributed by atoms with E-state index in [4.69, 9.17) is 4.74 Å². The molecule has 4 N–H and O–H groups in total. The zero-order valence-corrected chi connectivity index (χ0v) is 17.5. The highest BCUT2D eigenvalue weighted by Crippen LogP contribution is 2.33. The van der Waals surface area contributed by atoms with Gasteiger partial charge in [0.1, 0.15) is 5.60 Å². The first-order valence-corrected chi connectivity index (χ1v) is 9.94. The number of nitrogens with zero attached hydrogens (tertiary/aromatic N) is 2. The lowest BCUT2D eigenvalue weighted by Gasteiger charge is -2.37. The molecule has 0 radical (unpaired) electrons. The normalized spacial score (nSPS) is 17.7. The van der Waals surface area contributed by atoms with Crippen molar-refractivity contribution in [3.05, 3.63) is 24.0 Å². The number of carbonyl (C=O) groups excluding carboxylic acids is 3. The number of aromatic nitrogens is 2. The molecule has 0 atom stereocenters. The zero-order valence-electron chi connectivity index (χ0n) is 16.7. The van der Waals surface area contributed by atoms with Crippen LogP contribution in [0.2, 0.25) is 0 Å². The summed E-state index contributed by atoms with van der Waals surface area (Å²) in [6, 6.07) is 1.56. The van der Waals surface area contributed by atoms with Crippen molar-refractivity contribution in [2.45, 2.75) is 58.7 Å². The number of amides is 3. The second kappa shape index (κ2) is 9.86. The van der Waals surface area contributed by atoms with E-state index in [1.54, 1.807) is 26.8 Å². The summed E-state index contributed by atoms with van der Waals surface area (Å²) in [6.45, 7) is 5.38. The molecule has 1 fully saturated rings. The Hall–Kier alpha value is -3.02. The first-order valence-electron chi connectivity index (χ1n) is 9.26. The molecule has 10 nitrogen and oxygen atoms in total. The van der Waals surface area contributed by atoms with E-state index < -0.39 is 17.6 Å². The summed E-state index contributed by atoms with van der Waals surface area (Å²) in [5.41, 5.74) is 4.79. The molecule has 31 heavy (non-hydrogen) atoms. The monoisotopic (exact) mass is 454 g/mol. The Labute approximate surface area is 184 Å². The fourth-order valence-electron chi connectivity index (χ4n) is 3.14. The summed E-state index contributed by atoms with van der Waals surface area (Å²) in [6.07, 6.45) is 3.92. The topological polar surface area (TPSA) is 126 Å². The van der Waals surface area contributed by atoms with E-state index in [0.29, 0.717) is 36.0 Å². The number of nitrogens with one attached hydrogen (secondary N) is 4. The summed E-state index contributed by atoms with van der Waals surface area (Å²) >= 11 is -0.00220. The molecule has 2 aromatic heterocycles. The maximum absolute atomic E-state index is 13.1. The molecule has 0 aliphatic heterocycles. The Morgan fingerprint density at radius 2 is 2.03 bits per heavy atom. The molecule has 0 saturated heterocycles. The minimum Gasteiger partial charge on any atom is -0.444 e. The summed E-state index contributed by atoms with van der Waals surface area (Å²) in [4.78, 5) is 38.9. The largest absolute Gasteiger partial charge is 0.444 e. The minimum absolute atomic E-state index is 0. The van der Waals surface area contributed by atoms with Crippen LogP contribution in [0.5, 0.6) is 0 Å². The number of hydrogen-bond donors (Lipinski definition) is 4. The van der Waals surface area contributed by atoms with Gasteiger partial charge in [-0.15, -0.1) is 3.89 Å². The van der Waals surface area contributed by atoms with Crippen LogP contribution >= 0.6 is 12.3 Å². The van der Waals surface area contributed by atoms with Gasteiger partial charge in [0.25, 0.3) is 5.91 Å². The van der Waals surface area contributed by atoms with Crippen LogP contribution in [0, 0.1) is 0 Å². The van der Waals surface area contributed by atoms with Crippen molar-refractivity contribution in [1.29, 1.82) is 0 Å². The second-order valence-electron chi connectivity index (χ2n) is 7.87. The molecular weight excluding hydrogens is 427 g/mol. The fourth-order valence-corrected chi connectivity index (χ4v) is 3.46. The molecule has 1 saturated carbocycles. The smallest absolute Gasteiger partial charge is 0.407 e. The molecule has 3 amide bonds. The van der Waals surface area contributed by atoms with Gasteiger partial charge in [0.2, 0.25) is 6.41 Å². The van der Waals surface area contributed by atoms with Crippen LogP contribution in [0.15, 0.2) is 18.5 Å². The van der Waals surface area contributed by atoms with E-state index in [-0.39, 0.29) is 37.4 Å². The van der Waals surface area contributed by atoms with Crippen molar-refractivity contribution in [3.63, 3.8) is 0 Å². The van der Waals surface area contributed by atoms with Gasteiger partial charge in [-0.05, 0) is 39.7 Å². The van der Waals surface area contributed by atoms with Crippen molar-refractivity contribution in [2.24, 2.45) is 0 Å². The third-order valence-corrected chi connectivity index (χ3v) is 4.90. The Balaban J connectivity index is 0.00000341. The first kappa shape index (κ1) is 24.3. The molecular formula is C19H27FN6O4S. The Morgan fingerprint density at radius 3 is 2.65 bits per heavy atom. The Bertz CT molecular complexity index is 955. The van der Waals surface area contributed by atoms with E-state index >= 15 is 0 Å². The van der Waals surface area contributed by atoms with Gasteiger partial charge in [-0.3, -0.25) is 20.4 Å². The molecule has 1 aliphatic rings. The number of ether oxygens (including phenoxy) is 1. The van der Waals surface area contributed by atoms with Gasteiger partial charge < -0.3 is 15.4 Å². The van der Waals surface area contributed by atoms with Gasteiger partial charge in [-0.25, -0.2) is 13.8 Å². The molecule has 3 rings (SSSR count). The second-order valence-corrected chi connectivity index (χ2v) is 8.40. The molecule has 0 bridgehead atoms. The molecule has 0 aromatic carbocycles. The van der Waals surface area contributed by atoms with Crippen LogP contribution in [0.4, 0.5) is 14.4 Å². The van der Waals surface area contributed by atoms with Crippen molar-refractivity contribution < 1.29 is 23.0 Å². The van der Waals surface area contributed by atoms with Crippen LogP contribution in [-0.4, -0.2) is 45.1 Å². The third-order valence-electron chi connectivity index (χ3n) is 4.45. The SMILES string of the molecule is C.CC(C)(C)OC(=O)NC1CC(Nc2c(C(=O)NNC=O)cnc3c2ccn3SF)C1. The molecule has 1 aliphatic carbocycles. The fraction of sp³-hybridized carbons (Fsp3) is 0.474. The van der Waals surface area contributed by atoms with Crippen LogP contribution < -0.4 is 21.5 Å². The Morgan fingerprint density at radius 1 is 1.32 bits per heavy atom. The van der Waals surface area contributed by atoms with Crippen LogP contribution in [0.25, 0.3) is 11.0 Å². The minimum atomic E-state index is -0.576. The highest BCUT2D eigenvalue weighted by atomic mass is 32.2. The molecule has 2 heterocycles. The molecule has 170 valence electrons. The standard InChI is InChI=1S/C18H23FN6O4S.CH4/c1-18(2,3)29-17(28)23-11-6-10(7-11)22-14-12-4-5-25(30-19)15(12)20-8-13(14)16(27)24-21-9-26;/h4-5,8-11H,6-7H2,1-3H3,(H,20,22)(H,21,26)(H,23,28)(H,24,27);1H4. The van der Waals surface area contributed by atoms with Crippen molar-refractivity contribution >= 4 is 47.5 Å². The van der Waals surface area contributed by atoms with E-state index in [1.165, 1.54) is 16.4 Å². The summed E-state index contributed by atoms with van der Waals surface area (Å²) in [5.74, 6) is -0.567. The van der Waals surface area contributed by atoms with Crippen LogP contribution in [-0.2, 0) is 9.53 Å². The molecule has 12 heteroatoms. The van der Waals surface area contributed by atoms with Crippen molar-refractivity contribution in [2.75, 3.05) is 5.32 Å². The van der Waals surface area contributed by atoms with Crippen LogP contribution in [0.3, 0.4) is 0 Å².